The average Bonchev–Trinajstić information content (AvgIpc) is 0.797. The Bertz CT molecular complexity index is 4190. The van der Waals surface area contributed by atoms with Crippen LogP contribution < -0.4 is 14.2 Å². The maximum atomic E-state index is 14.3. The number of aliphatic carboxylic acids is 2. The van der Waals surface area contributed by atoms with Crippen molar-refractivity contribution in [3.63, 3.8) is 0 Å². The van der Waals surface area contributed by atoms with E-state index in [-0.39, 0.29) is 81.5 Å². The molecular weight excluding hydrogens is 1310 g/mol. The molecule has 0 aromatic heterocycles. The minimum Gasteiger partial charge on any atom is -0.507 e. The Hall–Kier alpha value is -8.26. The first kappa shape index (κ1) is 73.8. The average molecular weight is 1380 g/mol. The molecule has 0 atom stereocenters. The standard InChI is InChI=1S/C30H27ClF2NO8PS.C30H26ClNO9S.C6H15N/c1-42-27-7-2-3-8-28(27)44(40,41)34(19-22-11-14-25(26(31)16-22)30(32,33)43(37,38)39)18-20-9-12-23(13-10-20)24-6-4-5-21(15-24)17-29(35)36;1-40-27-4-2-3-5-28(27)42(38,39)32(17-20-8-13-26(24(31)14-20)41-18-29(34)35)16-19-6-9-21(10-7-19)22-11-12-25(33)23(15-22)30(36)37;1-4-7(5-2)6-3/h2-16H,17-19H2,1H3,(H,35,36)(H2,37,38,39);2-15,33H,16-18H2,1H3,(H,34,35)(H,36,37);4-6H2,1-3H3. The van der Waals surface area contributed by atoms with E-state index < -0.39 is 68.4 Å². The van der Waals surface area contributed by atoms with Gasteiger partial charge < -0.3 is 49.3 Å². The second kappa shape index (κ2) is 33.0. The fraction of sp³-hybridized carbons (Fsp3) is 0.227. The van der Waals surface area contributed by atoms with Crippen molar-refractivity contribution in [2.24, 2.45) is 0 Å². The number of phenols is 1. The molecule has 0 bridgehead atoms. The number of carboxylic acid groups (broad SMARTS) is 3. The van der Waals surface area contributed by atoms with Gasteiger partial charge in [0.15, 0.2) is 6.61 Å². The summed E-state index contributed by atoms with van der Waals surface area (Å²) in [5.41, 5.74) is -0.525. The number of hydrogen-bond acceptors (Lipinski definition) is 13. The molecule has 0 radical (unpaired) electrons. The number of halogens is 4. The summed E-state index contributed by atoms with van der Waals surface area (Å²) in [4.78, 5) is 53.8. The Morgan fingerprint density at radius 3 is 1.38 bits per heavy atom. The van der Waals surface area contributed by atoms with Gasteiger partial charge in [-0.2, -0.15) is 17.4 Å². The predicted molar refractivity (Wildman–Crippen MR) is 348 cm³/mol. The molecule has 0 aliphatic carbocycles. The molecule has 0 fully saturated rings. The van der Waals surface area contributed by atoms with Crippen LogP contribution in [-0.2, 0) is 72.5 Å². The summed E-state index contributed by atoms with van der Waals surface area (Å²) in [6.45, 7) is 8.94. The molecule has 8 rings (SSSR count). The van der Waals surface area contributed by atoms with Gasteiger partial charge in [0.1, 0.15) is 38.4 Å². The third kappa shape index (κ3) is 19.7. The molecule has 93 heavy (non-hydrogen) atoms. The number of nitrogens with zero attached hydrogens (tertiary/aromatic N) is 3. The highest BCUT2D eigenvalue weighted by molar-refractivity contribution is 7.89. The van der Waals surface area contributed by atoms with E-state index in [0.717, 1.165) is 33.6 Å². The minimum absolute atomic E-state index is 0.0260. The lowest BCUT2D eigenvalue weighted by Crippen LogP contribution is -2.30. The summed E-state index contributed by atoms with van der Waals surface area (Å²) in [6.07, 6.45) is -0.135. The summed E-state index contributed by atoms with van der Waals surface area (Å²) in [5.74, 6) is -3.31. The summed E-state index contributed by atoms with van der Waals surface area (Å²) in [5, 5.41) is 36.6. The third-order valence-corrected chi connectivity index (χ3v) is 19.5. The van der Waals surface area contributed by atoms with E-state index in [2.05, 4.69) is 25.7 Å². The highest BCUT2D eigenvalue weighted by atomic mass is 35.5. The Balaban J connectivity index is 0.000000268. The lowest BCUT2D eigenvalue weighted by Gasteiger charge is -2.24. The molecule has 0 unspecified atom stereocenters. The first-order chi connectivity index (χ1) is 44.0. The van der Waals surface area contributed by atoms with Crippen LogP contribution >= 0.6 is 30.8 Å². The van der Waals surface area contributed by atoms with E-state index in [9.17, 15) is 54.8 Å². The fourth-order valence-corrected chi connectivity index (χ4v) is 13.7. The number of hydrogen-bond donors (Lipinski definition) is 6. The van der Waals surface area contributed by atoms with Gasteiger partial charge in [0.05, 0.1) is 36.2 Å². The summed E-state index contributed by atoms with van der Waals surface area (Å²) < 4.78 is 114. The monoisotopic (exact) mass is 1380 g/mol. The maximum absolute atomic E-state index is 14.3. The zero-order valence-electron chi connectivity index (χ0n) is 50.9. The van der Waals surface area contributed by atoms with Crippen LogP contribution in [-0.4, -0.2) is 119 Å². The molecule has 0 aliphatic heterocycles. The molecule has 8 aromatic carbocycles. The van der Waals surface area contributed by atoms with Gasteiger partial charge in [0, 0.05) is 26.2 Å². The lowest BCUT2D eigenvalue weighted by molar-refractivity contribution is -0.139. The molecule has 494 valence electrons. The Morgan fingerprint density at radius 2 is 0.957 bits per heavy atom. The van der Waals surface area contributed by atoms with E-state index >= 15 is 0 Å². The maximum Gasteiger partial charge on any atom is 0.399 e. The number of carboxylic acids is 3. The Morgan fingerprint density at radius 1 is 0.516 bits per heavy atom. The number of aromatic carboxylic acids is 1. The number of para-hydroxylation sites is 2. The Kier molecular flexibility index (Phi) is 26.2. The smallest absolute Gasteiger partial charge is 0.399 e. The van der Waals surface area contributed by atoms with E-state index in [0.29, 0.717) is 33.4 Å². The summed E-state index contributed by atoms with van der Waals surface area (Å²) in [7, 11) is -11.5. The first-order valence-electron chi connectivity index (χ1n) is 28.4. The molecule has 27 heteroatoms. The number of rotatable bonds is 27. The van der Waals surface area contributed by atoms with Gasteiger partial charge in [-0.25, -0.2) is 26.4 Å². The van der Waals surface area contributed by atoms with Crippen LogP contribution in [0.3, 0.4) is 0 Å². The highest BCUT2D eigenvalue weighted by Crippen LogP contribution is 2.60. The SMILES string of the molecule is CCN(CC)CC.COc1ccccc1S(=O)(=O)N(Cc1ccc(-c2ccc(O)c(C(=O)O)c2)cc1)Cc1ccc(OCC(=O)O)c(Cl)c1.COc1ccccc1S(=O)(=O)N(Cc1ccc(-c2cccc(CC(=O)O)c2)cc1)Cc1ccc(C(F)(F)P(=O)(O)O)c(Cl)c1. The van der Waals surface area contributed by atoms with Gasteiger partial charge in [-0.3, -0.25) is 9.36 Å². The largest absolute Gasteiger partial charge is 0.507 e. The number of alkyl halides is 2. The van der Waals surface area contributed by atoms with Gasteiger partial charge in [-0.15, -0.1) is 0 Å². The normalized spacial score (nSPS) is 11.7. The van der Waals surface area contributed by atoms with Crippen LogP contribution in [0.25, 0.3) is 22.3 Å². The van der Waals surface area contributed by atoms with Gasteiger partial charge in [-0.1, -0.05) is 165 Å². The number of benzene rings is 8. The highest BCUT2D eigenvalue weighted by Gasteiger charge is 2.51. The zero-order chi connectivity index (χ0) is 68.4. The first-order valence-corrected chi connectivity index (χ1v) is 33.6. The van der Waals surface area contributed by atoms with Crippen LogP contribution in [0.2, 0.25) is 10.0 Å². The number of ether oxygens (including phenoxy) is 3. The Labute approximate surface area is 547 Å². The van der Waals surface area contributed by atoms with E-state index in [1.54, 1.807) is 103 Å². The molecule has 0 amide bonds. The van der Waals surface area contributed by atoms with Crippen molar-refractivity contribution in [3.8, 4) is 45.3 Å². The van der Waals surface area contributed by atoms with Crippen LogP contribution in [0.15, 0.2) is 186 Å². The minimum atomic E-state index is -5.88. The van der Waals surface area contributed by atoms with Crippen molar-refractivity contribution >= 4 is 68.8 Å². The van der Waals surface area contributed by atoms with Crippen LogP contribution in [0.1, 0.15) is 64.5 Å². The van der Waals surface area contributed by atoms with Crippen molar-refractivity contribution < 1.29 is 89.0 Å². The topological polar surface area (TPSA) is 295 Å². The van der Waals surface area contributed by atoms with Crippen molar-refractivity contribution in [1.82, 2.24) is 13.5 Å². The quantitative estimate of drug-likeness (QED) is 0.0261. The number of aromatic hydroxyl groups is 1. The molecule has 0 heterocycles. The second-order valence-electron chi connectivity index (χ2n) is 20.5. The molecule has 0 aliphatic rings. The van der Waals surface area contributed by atoms with Gasteiger partial charge in [0.2, 0.25) is 20.0 Å². The number of methoxy groups -OCH3 is 2. The van der Waals surface area contributed by atoms with Gasteiger partial charge >= 0.3 is 31.2 Å². The van der Waals surface area contributed by atoms with Gasteiger partial charge in [0.25, 0.3) is 0 Å². The molecule has 20 nitrogen and oxygen atoms in total. The van der Waals surface area contributed by atoms with E-state index in [1.165, 1.54) is 86.7 Å². The zero-order valence-corrected chi connectivity index (χ0v) is 54.9. The molecule has 0 saturated heterocycles. The third-order valence-electron chi connectivity index (χ3n) is 14.3. The number of carbonyl (C=O) groups is 3. The van der Waals surface area contributed by atoms with Crippen LogP contribution in [0, 0.1) is 0 Å². The fourth-order valence-electron chi connectivity index (χ4n) is 9.36. The molecule has 0 spiro atoms. The van der Waals surface area contributed by atoms with Crippen molar-refractivity contribution in [1.29, 1.82) is 0 Å². The van der Waals surface area contributed by atoms with E-state index in [1.807, 2.05) is 6.07 Å². The second-order valence-corrected chi connectivity index (χ2v) is 26.8. The van der Waals surface area contributed by atoms with Crippen molar-refractivity contribution in [2.75, 3.05) is 40.5 Å². The van der Waals surface area contributed by atoms with Crippen molar-refractivity contribution in [3.05, 3.63) is 225 Å². The lowest BCUT2D eigenvalue weighted by atomic mass is 10.0. The van der Waals surface area contributed by atoms with Crippen LogP contribution in [0.4, 0.5) is 8.78 Å². The predicted octanol–water partition coefficient (Wildman–Crippen LogP) is 12.9. The van der Waals surface area contributed by atoms with Crippen LogP contribution in [0.5, 0.6) is 23.0 Å². The molecule has 8 aromatic rings. The van der Waals surface area contributed by atoms with Crippen molar-refractivity contribution in [2.45, 2.75) is 68.8 Å². The summed E-state index contributed by atoms with van der Waals surface area (Å²) >= 11 is 12.3. The van der Waals surface area contributed by atoms with Gasteiger partial charge in [-0.05, 0) is 124 Å². The summed E-state index contributed by atoms with van der Waals surface area (Å²) in [6, 6.07) is 44.9. The number of sulfonamides is 2. The molecule has 0 saturated carbocycles. The van der Waals surface area contributed by atoms with E-state index in [4.69, 9.17) is 57.4 Å². The molecular formula is C66H68Cl2F2N3O17PS2. The molecule has 6 N–H and O–H groups in total.